The van der Waals surface area contributed by atoms with Crippen molar-refractivity contribution in [3.63, 3.8) is 0 Å². The third kappa shape index (κ3) is 3.30. The van der Waals surface area contributed by atoms with Gasteiger partial charge in [0.1, 0.15) is 0 Å². The minimum absolute atomic E-state index is 0.0553. The Morgan fingerprint density at radius 3 is 2.64 bits per heavy atom. The maximum Gasteiger partial charge on any atom is 0.435 e. The Hall–Kier alpha value is -1.87. The van der Waals surface area contributed by atoms with E-state index in [1.807, 2.05) is 0 Å². The number of carbonyl (C=O) groups excluding carboxylic acids is 1. The van der Waals surface area contributed by atoms with E-state index in [1.165, 1.54) is 4.90 Å². The Bertz CT molecular complexity index is 676. The molecule has 0 unspecified atom stereocenters. The lowest BCUT2D eigenvalue weighted by atomic mass is 10.3. The van der Waals surface area contributed by atoms with Crippen LogP contribution < -0.4 is 0 Å². The number of aromatic nitrogens is 2. The van der Waals surface area contributed by atoms with Gasteiger partial charge in [-0.25, -0.2) is 0 Å². The number of alkyl halides is 3. The number of amides is 1. The van der Waals surface area contributed by atoms with E-state index in [-0.39, 0.29) is 24.8 Å². The van der Waals surface area contributed by atoms with Gasteiger partial charge in [0.25, 0.3) is 5.91 Å². The average molecular weight is 333 g/mol. The predicted octanol–water partition coefficient (Wildman–Crippen LogP) is 2.32. The molecule has 0 aliphatic carbocycles. The standard InChI is InChI=1S/C13H14F3N3O2S/c1-18(2)12(21)10-4-3-9(22-10)8-7-11(13(14,15)16)17-19(8)5-6-20/h3-4,7,20H,5-6H2,1-2H3. The van der Waals surface area contributed by atoms with Crippen LogP contribution in [0.15, 0.2) is 18.2 Å². The van der Waals surface area contributed by atoms with Crippen molar-refractivity contribution < 1.29 is 23.1 Å². The molecule has 2 heterocycles. The van der Waals surface area contributed by atoms with Gasteiger partial charge in [-0.3, -0.25) is 9.48 Å². The molecule has 1 N–H and O–H groups in total. The molecule has 2 aromatic heterocycles. The lowest BCUT2D eigenvalue weighted by molar-refractivity contribution is -0.141. The molecule has 5 nitrogen and oxygen atoms in total. The summed E-state index contributed by atoms with van der Waals surface area (Å²) in [5.41, 5.74) is -0.797. The van der Waals surface area contributed by atoms with Crippen molar-refractivity contribution in [2.24, 2.45) is 0 Å². The van der Waals surface area contributed by atoms with Gasteiger partial charge in [0, 0.05) is 14.1 Å². The zero-order valence-electron chi connectivity index (χ0n) is 11.9. The summed E-state index contributed by atoms with van der Waals surface area (Å²) in [5, 5.41) is 12.4. The first kappa shape index (κ1) is 16.5. The van der Waals surface area contributed by atoms with E-state index in [2.05, 4.69) is 5.10 Å². The first-order chi connectivity index (χ1) is 10.2. The molecular formula is C13H14F3N3O2S. The van der Waals surface area contributed by atoms with Gasteiger partial charge in [0.05, 0.1) is 28.6 Å². The summed E-state index contributed by atoms with van der Waals surface area (Å²) in [6.07, 6.45) is -4.56. The maximum absolute atomic E-state index is 12.8. The number of aliphatic hydroxyl groups is 1. The molecule has 0 aliphatic rings. The topological polar surface area (TPSA) is 58.4 Å². The van der Waals surface area contributed by atoms with E-state index in [0.717, 1.165) is 22.1 Å². The van der Waals surface area contributed by atoms with Crippen LogP contribution in [0.4, 0.5) is 13.2 Å². The van der Waals surface area contributed by atoms with Crippen molar-refractivity contribution in [2.45, 2.75) is 12.7 Å². The number of aliphatic hydroxyl groups excluding tert-OH is 1. The van der Waals surface area contributed by atoms with Crippen molar-refractivity contribution in [3.05, 3.63) is 28.8 Å². The number of hydrogen-bond acceptors (Lipinski definition) is 4. The molecule has 0 radical (unpaired) electrons. The normalized spacial score (nSPS) is 11.7. The fraction of sp³-hybridized carbons (Fsp3) is 0.385. The number of thiophene rings is 1. The Morgan fingerprint density at radius 2 is 2.09 bits per heavy atom. The fourth-order valence-electron chi connectivity index (χ4n) is 1.83. The highest BCUT2D eigenvalue weighted by atomic mass is 32.1. The summed E-state index contributed by atoms with van der Waals surface area (Å²) in [5.74, 6) is -0.222. The summed E-state index contributed by atoms with van der Waals surface area (Å²) < 4.78 is 39.4. The van der Waals surface area contributed by atoms with Crippen LogP contribution in [0.5, 0.6) is 0 Å². The van der Waals surface area contributed by atoms with Crippen molar-refractivity contribution in [1.29, 1.82) is 0 Å². The van der Waals surface area contributed by atoms with Crippen LogP contribution in [0.3, 0.4) is 0 Å². The third-order valence-electron chi connectivity index (χ3n) is 2.86. The largest absolute Gasteiger partial charge is 0.435 e. The molecule has 0 bridgehead atoms. The minimum Gasteiger partial charge on any atom is -0.394 e. The Labute approximate surface area is 128 Å². The lowest BCUT2D eigenvalue weighted by Gasteiger charge is -2.07. The van der Waals surface area contributed by atoms with Crippen LogP contribution in [0.2, 0.25) is 0 Å². The summed E-state index contributed by atoms with van der Waals surface area (Å²) in [7, 11) is 3.19. The highest BCUT2D eigenvalue weighted by Crippen LogP contribution is 2.34. The minimum atomic E-state index is -4.56. The highest BCUT2D eigenvalue weighted by Gasteiger charge is 2.35. The van der Waals surface area contributed by atoms with Gasteiger partial charge in [-0.2, -0.15) is 18.3 Å². The Kier molecular flexibility index (Phi) is 4.57. The van der Waals surface area contributed by atoms with Gasteiger partial charge in [0.15, 0.2) is 5.69 Å². The molecule has 0 aliphatic heterocycles. The van der Waals surface area contributed by atoms with Crippen LogP contribution in [-0.2, 0) is 12.7 Å². The number of halogens is 3. The molecule has 0 spiro atoms. The van der Waals surface area contributed by atoms with Crippen LogP contribution in [0.1, 0.15) is 15.4 Å². The lowest BCUT2D eigenvalue weighted by Crippen LogP contribution is -2.20. The van der Waals surface area contributed by atoms with Gasteiger partial charge in [-0.05, 0) is 18.2 Å². The zero-order chi connectivity index (χ0) is 16.5. The molecule has 2 rings (SSSR count). The predicted molar refractivity (Wildman–Crippen MR) is 75.6 cm³/mol. The van der Waals surface area contributed by atoms with Crippen LogP contribution in [0, 0.1) is 0 Å². The van der Waals surface area contributed by atoms with Gasteiger partial charge in [-0.15, -0.1) is 11.3 Å². The van der Waals surface area contributed by atoms with E-state index >= 15 is 0 Å². The molecule has 0 atom stereocenters. The molecule has 120 valence electrons. The van der Waals surface area contributed by atoms with E-state index < -0.39 is 11.9 Å². The van der Waals surface area contributed by atoms with Crippen molar-refractivity contribution >= 4 is 17.2 Å². The summed E-state index contributed by atoms with van der Waals surface area (Å²) in [4.78, 5) is 14.2. The monoisotopic (exact) mass is 333 g/mol. The van der Waals surface area contributed by atoms with Gasteiger partial charge >= 0.3 is 6.18 Å². The number of rotatable bonds is 4. The fourth-order valence-corrected chi connectivity index (χ4v) is 2.88. The molecule has 2 aromatic rings. The number of hydrogen-bond donors (Lipinski definition) is 1. The van der Waals surface area contributed by atoms with E-state index in [1.54, 1.807) is 26.2 Å². The van der Waals surface area contributed by atoms with E-state index in [0.29, 0.717) is 9.75 Å². The number of nitrogens with zero attached hydrogens (tertiary/aromatic N) is 3. The highest BCUT2D eigenvalue weighted by molar-refractivity contribution is 7.17. The SMILES string of the molecule is CN(C)C(=O)c1ccc(-c2cc(C(F)(F)F)nn2CCO)s1. The first-order valence-electron chi connectivity index (χ1n) is 6.32. The van der Waals surface area contributed by atoms with Crippen molar-refractivity contribution in [3.8, 4) is 10.6 Å². The van der Waals surface area contributed by atoms with E-state index in [4.69, 9.17) is 5.11 Å². The van der Waals surface area contributed by atoms with Crippen molar-refractivity contribution in [2.75, 3.05) is 20.7 Å². The quantitative estimate of drug-likeness (QED) is 0.934. The second kappa shape index (κ2) is 6.09. The molecule has 0 saturated carbocycles. The molecule has 0 fully saturated rings. The second-order valence-corrected chi connectivity index (χ2v) is 5.81. The molecule has 0 aromatic carbocycles. The van der Waals surface area contributed by atoms with Crippen LogP contribution >= 0.6 is 11.3 Å². The van der Waals surface area contributed by atoms with Crippen LogP contribution in [0.25, 0.3) is 10.6 Å². The maximum atomic E-state index is 12.8. The van der Waals surface area contributed by atoms with Gasteiger partial charge < -0.3 is 10.0 Å². The van der Waals surface area contributed by atoms with Gasteiger partial charge in [-0.1, -0.05) is 0 Å². The molecule has 1 amide bonds. The Morgan fingerprint density at radius 1 is 1.41 bits per heavy atom. The molecular weight excluding hydrogens is 319 g/mol. The van der Waals surface area contributed by atoms with Crippen molar-refractivity contribution in [1.82, 2.24) is 14.7 Å². The Balaban J connectivity index is 2.43. The molecule has 22 heavy (non-hydrogen) atoms. The summed E-state index contributed by atoms with van der Waals surface area (Å²) >= 11 is 1.09. The molecule has 9 heteroatoms. The average Bonchev–Trinajstić information content (AvgIpc) is 3.03. The molecule has 0 saturated heterocycles. The first-order valence-corrected chi connectivity index (χ1v) is 7.13. The van der Waals surface area contributed by atoms with Crippen LogP contribution in [-0.4, -0.2) is 46.4 Å². The number of carbonyl (C=O) groups is 1. The second-order valence-electron chi connectivity index (χ2n) is 4.72. The third-order valence-corrected chi connectivity index (χ3v) is 3.95. The smallest absolute Gasteiger partial charge is 0.394 e. The zero-order valence-corrected chi connectivity index (χ0v) is 12.7. The van der Waals surface area contributed by atoms with E-state index in [9.17, 15) is 18.0 Å². The summed E-state index contributed by atoms with van der Waals surface area (Å²) in [6.45, 7) is -0.388. The summed E-state index contributed by atoms with van der Waals surface area (Å²) in [6, 6.07) is 4.06. The van der Waals surface area contributed by atoms with Gasteiger partial charge in [0.2, 0.25) is 0 Å².